The van der Waals surface area contributed by atoms with Gasteiger partial charge in [-0.2, -0.15) is 0 Å². The fourth-order valence-corrected chi connectivity index (χ4v) is 2.69. The summed E-state index contributed by atoms with van der Waals surface area (Å²) in [5.41, 5.74) is 2.97. The van der Waals surface area contributed by atoms with E-state index in [0.29, 0.717) is 18.1 Å². The van der Waals surface area contributed by atoms with Crippen LogP contribution in [-0.2, 0) is 16.2 Å². The quantitative estimate of drug-likeness (QED) is 0.578. The first-order valence-electron chi connectivity index (χ1n) is 8.75. The molecule has 2 rings (SSSR count). The number of ether oxygens (including phenoxy) is 1. The Morgan fingerprint density at radius 2 is 1.85 bits per heavy atom. The summed E-state index contributed by atoms with van der Waals surface area (Å²) in [6, 6.07) is 15.6. The monoisotopic (exact) mass is 354 g/mol. The van der Waals surface area contributed by atoms with Gasteiger partial charge < -0.3 is 14.9 Å². The first-order valence-corrected chi connectivity index (χ1v) is 8.75. The molecule has 0 aliphatic carbocycles. The normalized spacial score (nSPS) is 12.4. The molecule has 26 heavy (non-hydrogen) atoms. The van der Waals surface area contributed by atoms with Crippen LogP contribution >= 0.6 is 0 Å². The number of likely N-dealkylation sites (N-methyl/N-ethyl adjacent to an activating group) is 1. The smallest absolute Gasteiger partial charge is 0.273 e. The molecule has 5 nitrogen and oxygen atoms in total. The van der Waals surface area contributed by atoms with Gasteiger partial charge in [-0.3, -0.25) is 4.79 Å². The Labute approximate surface area is 155 Å². The molecule has 1 N–H and O–H groups in total. The lowest BCUT2D eigenvalue weighted by molar-refractivity contribution is -0.114. The Morgan fingerprint density at radius 3 is 2.54 bits per heavy atom. The van der Waals surface area contributed by atoms with Gasteiger partial charge in [0.1, 0.15) is 19.5 Å². The Bertz CT molecular complexity index is 771. The molecule has 2 aromatic rings. The summed E-state index contributed by atoms with van der Waals surface area (Å²) >= 11 is 0. The molecular weight excluding hydrogens is 328 g/mol. The standard InChI is InChI=1S/C21H26N2O3/c1-5-15(2)17-11-8-9-13-19(17)26-14-16-10-6-7-12-18(16)20(23-25-4)21(24)22-3/h6-13,15H,5,14H2,1-4H3,(H,22,24). The van der Waals surface area contributed by atoms with Crippen LogP contribution in [0.25, 0.3) is 0 Å². The maximum absolute atomic E-state index is 12.1. The number of rotatable bonds is 8. The molecule has 0 bridgehead atoms. The highest BCUT2D eigenvalue weighted by Gasteiger charge is 2.18. The highest BCUT2D eigenvalue weighted by atomic mass is 16.6. The minimum absolute atomic E-state index is 0.226. The van der Waals surface area contributed by atoms with E-state index in [0.717, 1.165) is 17.7 Å². The predicted molar refractivity (Wildman–Crippen MR) is 104 cm³/mol. The van der Waals surface area contributed by atoms with Crippen LogP contribution in [0.3, 0.4) is 0 Å². The Balaban J connectivity index is 2.30. The molecule has 2 aromatic carbocycles. The van der Waals surface area contributed by atoms with Crippen LogP contribution < -0.4 is 10.1 Å². The molecule has 0 spiro atoms. The molecule has 1 atom stereocenters. The van der Waals surface area contributed by atoms with E-state index in [1.165, 1.54) is 12.7 Å². The lowest BCUT2D eigenvalue weighted by atomic mass is 9.98. The van der Waals surface area contributed by atoms with Crippen molar-refractivity contribution in [3.05, 3.63) is 65.2 Å². The van der Waals surface area contributed by atoms with Crippen molar-refractivity contribution < 1.29 is 14.4 Å². The van der Waals surface area contributed by atoms with E-state index in [4.69, 9.17) is 9.57 Å². The van der Waals surface area contributed by atoms with E-state index in [1.54, 1.807) is 7.05 Å². The van der Waals surface area contributed by atoms with Crippen LogP contribution in [0.4, 0.5) is 0 Å². The van der Waals surface area contributed by atoms with Gasteiger partial charge >= 0.3 is 0 Å². The molecule has 0 fully saturated rings. The van der Waals surface area contributed by atoms with Gasteiger partial charge in [-0.25, -0.2) is 0 Å². The first-order chi connectivity index (χ1) is 12.6. The molecule has 5 heteroatoms. The van der Waals surface area contributed by atoms with Crippen LogP contribution in [0, 0.1) is 0 Å². The lowest BCUT2D eigenvalue weighted by Gasteiger charge is -2.17. The zero-order valence-corrected chi connectivity index (χ0v) is 15.8. The number of nitrogens with zero attached hydrogens (tertiary/aromatic N) is 1. The van der Waals surface area contributed by atoms with E-state index in [9.17, 15) is 4.79 Å². The molecule has 0 aliphatic heterocycles. The van der Waals surface area contributed by atoms with E-state index < -0.39 is 0 Å². The number of carbonyl (C=O) groups is 1. The fraction of sp³-hybridized carbons (Fsp3) is 0.333. The third-order valence-electron chi connectivity index (χ3n) is 4.34. The van der Waals surface area contributed by atoms with Crippen LogP contribution in [0.15, 0.2) is 53.7 Å². The van der Waals surface area contributed by atoms with Gasteiger partial charge in [0.2, 0.25) is 0 Å². The molecule has 0 saturated heterocycles. The largest absolute Gasteiger partial charge is 0.489 e. The summed E-state index contributed by atoms with van der Waals surface area (Å²) in [6.07, 6.45) is 1.04. The van der Waals surface area contributed by atoms with Crippen LogP contribution in [0.1, 0.15) is 42.9 Å². The number of carbonyl (C=O) groups excluding carboxylic acids is 1. The van der Waals surface area contributed by atoms with Gasteiger partial charge in [0, 0.05) is 12.6 Å². The van der Waals surface area contributed by atoms with E-state index in [-0.39, 0.29) is 11.6 Å². The Kier molecular flexibility index (Phi) is 7.21. The van der Waals surface area contributed by atoms with Crippen LogP contribution in [0.5, 0.6) is 5.75 Å². The number of amides is 1. The van der Waals surface area contributed by atoms with Crippen molar-refractivity contribution in [3.63, 3.8) is 0 Å². The number of hydrogen-bond donors (Lipinski definition) is 1. The van der Waals surface area contributed by atoms with Crippen molar-refractivity contribution >= 4 is 11.6 Å². The summed E-state index contributed by atoms with van der Waals surface area (Å²) in [7, 11) is 2.99. The first kappa shape index (κ1) is 19.5. The second-order valence-corrected chi connectivity index (χ2v) is 5.99. The Morgan fingerprint density at radius 1 is 1.15 bits per heavy atom. The second-order valence-electron chi connectivity index (χ2n) is 5.99. The summed E-state index contributed by atoms with van der Waals surface area (Å²) < 4.78 is 6.10. The summed E-state index contributed by atoms with van der Waals surface area (Å²) in [4.78, 5) is 17.0. The molecule has 0 radical (unpaired) electrons. The van der Waals surface area contributed by atoms with Gasteiger partial charge in [0.05, 0.1) is 0 Å². The van der Waals surface area contributed by atoms with Crippen LogP contribution in [0.2, 0.25) is 0 Å². The second kappa shape index (κ2) is 9.61. The molecule has 0 heterocycles. The third kappa shape index (κ3) is 4.63. The number of oxime groups is 1. The molecule has 0 saturated carbocycles. The molecular formula is C21H26N2O3. The van der Waals surface area contributed by atoms with Crippen LogP contribution in [-0.4, -0.2) is 25.8 Å². The number of nitrogens with one attached hydrogen (secondary N) is 1. The van der Waals surface area contributed by atoms with Crippen molar-refractivity contribution in [2.45, 2.75) is 32.8 Å². The zero-order chi connectivity index (χ0) is 18.9. The van der Waals surface area contributed by atoms with Gasteiger partial charge in [-0.1, -0.05) is 61.5 Å². The topological polar surface area (TPSA) is 59.9 Å². The number of benzene rings is 2. The van der Waals surface area contributed by atoms with E-state index in [1.807, 2.05) is 42.5 Å². The molecule has 0 aliphatic rings. The number of para-hydroxylation sites is 1. The minimum Gasteiger partial charge on any atom is -0.489 e. The van der Waals surface area contributed by atoms with E-state index in [2.05, 4.69) is 30.4 Å². The SMILES string of the molecule is CCC(C)c1ccccc1OCc1ccccc1C(=NOC)C(=O)NC. The number of hydrogen-bond acceptors (Lipinski definition) is 4. The molecule has 138 valence electrons. The maximum Gasteiger partial charge on any atom is 0.273 e. The Hall–Kier alpha value is -2.82. The maximum atomic E-state index is 12.1. The molecule has 0 aromatic heterocycles. The van der Waals surface area contributed by atoms with Crippen molar-refractivity contribution in [2.24, 2.45) is 5.16 Å². The predicted octanol–water partition coefficient (Wildman–Crippen LogP) is 3.88. The summed E-state index contributed by atoms with van der Waals surface area (Å²) in [5.74, 6) is 0.971. The van der Waals surface area contributed by atoms with Crippen molar-refractivity contribution in [1.29, 1.82) is 0 Å². The van der Waals surface area contributed by atoms with Gasteiger partial charge in [0.15, 0.2) is 5.71 Å². The average Bonchev–Trinajstić information content (AvgIpc) is 2.69. The van der Waals surface area contributed by atoms with Gasteiger partial charge in [0.25, 0.3) is 5.91 Å². The molecule has 1 amide bonds. The fourth-order valence-electron chi connectivity index (χ4n) is 2.69. The summed E-state index contributed by atoms with van der Waals surface area (Å²) in [5, 5.41) is 6.48. The summed E-state index contributed by atoms with van der Waals surface area (Å²) in [6.45, 7) is 4.68. The highest BCUT2D eigenvalue weighted by molar-refractivity contribution is 6.45. The third-order valence-corrected chi connectivity index (χ3v) is 4.34. The zero-order valence-electron chi connectivity index (χ0n) is 15.8. The van der Waals surface area contributed by atoms with Crippen molar-refractivity contribution in [2.75, 3.05) is 14.2 Å². The average molecular weight is 354 g/mol. The van der Waals surface area contributed by atoms with Gasteiger partial charge in [-0.05, 0) is 29.5 Å². The van der Waals surface area contributed by atoms with Gasteiger partial charge in [-0.15, -0.1) is 0 Å². The molecule has 1 unspecified atom stereocenters. The lowest BCUT2D eigenvalue weighted by Crippen LogP contribution is -2.29. The van der Waals surface area contributed by atoms with Crippen molar-refractivity contribution in [3.8, 4) is 5.75 Å². The van der Waals surface area contributed by atoms with E-state index >= 15 is 0 Å². The minimum atomic E-state index is -0.306. The highest BCUT2D eigenvalue weighted by Crippen LogP contribution is 2.29. The van der Waals surface area contributed by atoms with Crippen molar-refractivity contribution in [1.82, 2.24) is 5.32 Å².